The van der Waals surface area contributed by atoms with Crippen LogP contribution in [0.25, 0.3) is 0 Å². The summed E-state index contributed by atoms with van der Waals surface area (Å²) in [7, 11) is 0. The largest absolute Gasteiger partial charge is 0.484 e. The fraction of sp³-hybridized carbons (Fsp3) is 0.471. The predicted molar refractivity (Wildman–Crippen MR) is 159 cm³/mol. The lowest BCUT2D eigenvalue weighted by Crippen LogP contribution is -2.50. The highest BCUT2D eigenvalue weighted by atomic mass is 19.1. The quantitative estimate of drug-likeness (QED) is 0.311. The topological polar surface area (TPSA) is 92.6 Å². The Morgan fingerprint density at radius 1 is 1.05 bits per heavy atom. The zero-order valence-electron chi connectivity index (χ0n) is 24.2. The number of benzene rings is 2. The van der Waals surface area contributed by atoms with Gasteiger partial charge in [0.25, 0.3) is 11.5 Å². The second-order valence-electron chi connectivity index (χ2n) is 12.4. The number of hydrogen-bond acceptors (Lipinski definition) is 5. The van der Waals surface area contributed by atoms with Crippen LogP contribution in [0, 0.1) is 11.6 Å². The van der Waals surface area contributed by atoms with Crippen molar-refractivity contribution in [2.75, 3.05) is 6.54 Å². The highest BCUT2D eigenvalue weighted by Gasteiger charge is 2.44. The van der Waals surface area contributed by atoms with Crippen LogP contribution in [-0.4, -0.2) is 39.9 Å². The van der Waals surface area contributed by atoms with E-state index in [2.05, 4.69) is 10.6 Å². The number of fused-ring (bicyclic) bond motifs is 1. The van der Waals surface area contributed by atoms with Crippen molar-refractivity contribution in [3.05, 3.63) is 99.5 Å². The minimum Gasteiger partial charge on any atom is -0.484 e. The molecule has 1 amide bonds. The first-order chi connectivity index (χ1) is 20.8. The van der Waals surface area contributed by atoms with Gasteiger partial charge in [-0.2, -0.15) is 0 Å². The first kappa shape index (κ1) is 29.5. The van der Waals surface area contributed by atoms with E-state index in [1.54, 1.807) is 10.8 Å². The Labute approximate surface area is 250 Å². The number of rotatable bonds is 9. The number of halogens is 2. The molecule has 7 nitrogen and oxygen atoms in total. The average molecular weight is 592 g/mol. The summed E-state index contributed by atoms with van der Waals surface area (Å²) in [6.45, 7) is 0.0810. The summed E-state index contributed by atoms with van der Waals surface area (Å²) in [6, 6.07) is 13.7. The van der Waals surface area contributed by atoms with Gasteiger partial charge in [-0.15, -0.1) is 0 Å². The molecule has 1 unspecified atom stereocenters. The van der Waals surface area contributed by atoms with Crippen LogP contribution < -0.4 is 20.9 Å². The lowest BCUT2D eigenvalue weighted by molar-refractivity contribution is 0.0282. The Kier molecular flexibility index (Phi) is 8.63. The van der Waals surface area contributed by atoms with E-state index in [-0.39, 0.29) is 29.8 Å². The van der Waals surface area contributed by atoms with E-state index in [1.807, 2.05) is 30.3 Å². The Bertz CT molecular complexity index is 1500. The number of aliphatic hydroxyl groups excluding tert-OH is 1. The zero-order chi connectivity index (χ0) is 30.0. The van der Waals surface area contributed by atoms with Crippen molar-refractivity contribution in [1.82, 2.24) is 15.2 Å². The number of carbonyl (C=O) groups excluding carboxylic acids is 1. The molecule has 3 atom stereocenters. The van der Waals surface area contributed by atoms with Crippen molar-refractivity contribution in [2.45, 2.75) is 94.0 Å². The van der Waals surface area contributed by atoms with Crippen LogP contribution >= 0.6 is 0 Å². The van der Waals surface area contributed by atoms with Crippen molar-refractivity contribution in [3.8, 4) is 5.75 Å². The van der Waals surface area contributed by atoms with Gasteiger partial charge in [-0.25, -0.2) is 8.78 Å². The minimum absolute atomic E-state index is 0.0769. The fourth-order valence-corrected chi connectivity index (χ4v) is 7.11. The monoisotopic (exact) mass is 591 g/mol. The molecule has 2 fully saturated rings. The molecule has 2 aromatic carbocycles. The van der Waals surface area contributed by atoms with E-state index in [0.29, 0.717) is 24.0 Å². The van der Waals surface area contributed by atoms with Crippen molar-refractivity contribution in [3.63, 3.8) is 0 Å². The molecule has 1 aromatic heterocycles. The summed E-state index contributed by atoms with van der Waals surface area (Å²) in [6.07, 6.45) is 9.00. The van der Waals surface area contributed by atoms with Crippen LogP contribution in [0.3, 0.4) is 0 Å². The maximum absolute atomic E-state index is 14.9. The third-order valence-corrected chi connectivity index (χ3v) is 9.39. The molecule has 2 saturated carbocycles. The van der Waals surface area contributed by atoms with E-state index in [9.17, 15) is 23.5 Å². The summed E-state index contributed by atoms with van der Waals surface area (Å²) < 4.78 is 37.0. The maximum atomic E-state index is 14.9. The third kappa shape index (κ3) is 6.53. The molecule has 1 spiro atoms. The second-order valence-corrected chi connectivity index (χ2v) is 12.4. The molecule has 2 heterocycles. The maximum Gasteiger partial charge on any atom is 0.253 e. The first-order valence-electron chi connectivity index (χ1n) is 15.5. The smallest absolute Gasteiger partial charge is 0.253 e. The third-order valence-electron chi connectivity index (χ3n) is 9.39. The van der Waals surface area contributed by atoms with E-state index < -0.39 is 35.4 Å². The highest BCUT2D eigenvalue weighted by Crippen LogP contribution is 2.48. The number of carbonyl (C=O) groups is 1. The molecule has 0 saturated heterocycles. The Morgan fingerprint density at radius 3 is 2.53 bits per heavy atom. The van der Waals surface area contributed by atoms with Crippen molar-refractivity contribution >= 4 is 5.91 Å². The van der Waals surface area contributed by atoms with Gasteiger partial charge in [0, 0.05) is 48.9 Å². The van der Waals surface area contributed by atoms with Crippen molar-refractivity contribution < 1.29 is 23.4 Å². The standard InChI is InChI=1S/C34H39F2N3O4/c35-24-17-26-29(19-34(14-6-7-15-34)43-32(26)27(36)18-24)37-20-30(40)28(16-22-8-2-1-3-9-22)38-33(42)23-12-13-31(41)39(21-23)25-10-4-5-11-25/h1-3,8-9,12-13,17-18,21,25,28-30,37,40H,4-7,10-11,14-16,19-20H2,(H,38,42)/t28-,29?,30+/m0/s1. The van der Waals surface area contributed by atoms with Gasteiger partial charge in [0.05, 0.1) is 17.7 Å². The molecule has 43 heavy (non-hydrogen) atoms. The molecular weight excluding hydrogens is 552 g/mol. The SMILES string of the molecule is O=C(N[C@@H](Cc1ccccc1)[C@H](O)CNC1CC2(CCCC2)Oc2c(F)cc(F)cc21)c1ccc(=O)n(C2CCCC2)c1. The normalized spacial score (nSPS) is 20.9. The summed E-state index contributed by atoms with van der Waals surface area (Å²) in [4.78, 5) is 26.0. The van der Waals surface area contributed by atoms with Crippen LogP contribution in [-0.2, 0) is 6.42 Å². The average Bonchev–Trinajstić information content (AvgIpc) is 3.70. The molecule has 1 aliphatic heterocycles. The molecule has 9 heteroatoms. The van der Waals surface area contributed by atoms with E-state index >= 15 is 0 Å². The number of pyridine rings is 1. The van der Waals surface area contributed by atoms with Gasteiger partial charge in [0.15, 0.2) is 11.6 Å². The minimum atomic E-state index is -1.02. The van der Waals surface area contributed by atoms with E-state index in [1.165, 1.54) is 18.2 Å². The Morgan fingerprint density at radius 2 is 1.79 bits per heavy atom. The van der Waals surface area contributed by atoms with Gasteiger partial charge < -0.3 is 25.0 Å². The second kappa shape index (κ2) is 12.6. The number of aromatic nitrogens is 1. The van der Waals surface area contributed by atoms with E-state index in [4.69, 9.17) is 4.74 Å². The van der Waals surface area contributed by atoms with Crippen LogP contribution in [0.2, 0.25) is 0 Å². The molecule has 3 aliphatic rings. The highest BCUT2D eigenvalue weighted by molar-refractivity contribution is 5.94. The molecule has 228 valence electrons. The number of nitrogens with zero attached hydrogens (tertiary/aromatic N) is 1. The number of aliphatic hydroxyl groups is 1. The van der Waals surface area contributed by atoms with Gasteiger partial charge >= 0.3 is 0 Å². The predicted octanol–water partition coefficient (Wildman–Crippen LogP) is 5.37. The Balaban J connectivity index is 1.21. The lowest BCUT2D eigenvalue weighted by Gasteiger charge is -2.41. The summed E-state index contributed by atoms with van der Waals surface area (Å²) in [5.41, 5.74) is 1.05. The van der Waals surface area contributed by atoms with Crippen LogP contribution in [0.5, 0.6) is 5.75 Å². The molecule has 6 rings (SSSR count). The molecular formula is C34H39F2N3O4. The summed E-state index contributed by atoms with van der Waals surface area (Å²) in [5.74, 6) is -1.70. The number of amides is 1. The van der Waals surface area contributed by atoms with Crippen LogP contribution in [0.15, 0.2) is 65.6 Å². The fourth-order valence-electron chi connectivity index (χ4n) is 7.11. The van der Waals surface area contributed by atoms with Gasteiger partial charge in [-0.05, 0) is 62.6 Å². The lowest BCUT2D eigenvalue weighted by atomic mass is 9.85. The van der Waals surface area contributed by atoms with Crippen LogP contribution in [0.4, 0.5) is 8.78 Å². The van der Waals surface area contributed by atoms with E-state index in [0.717, 1.165) is 63.0 Å². The number of hydrogen-bond donors (Lipinski definition) is 3. The Hall–Kier alpha value is -3.56. The zero-order valence-corrected chi connectivity index (χ0v) is 24.2. The molecule has 3 aromatic rings. The molecule has 0 bridgehead atoms. The van der Waals surface area contributed by atoms with Crippen molar-refractivity contribution in [1.29, 1.82) is 0 Å². The number of nitrogens with one attached hydrogen (secondary N) is 2. The van der Waals surface area contributed by atoms with Crippen LogP contribution in [0.1, 0.15) is 91.4 Å². The van der Waals surface area contributed by atoms with Gasteiger partial charge in [-0.1, -0.05) is 43.2 Å². The van der Waals surface area contributed by atoms with Gasteiger partial charge in [-0.3, -0.25) is 9.59 Å². The molecule has 0 radical (unpaired) electrons. The first-order valence-corrected chi connectivity index (χ1v) is 15.5. The summed E-state index contributed by atoms with van der Waals surface area (Å²) in [5, 5.41) is 17.8. The molecule has 2 aliphatic carbocycles. The molecule has 3 N–H and O–H groups in total. The summed E-state index contributed by atoms with van der Waals surface area (Å²) >= 11 is 0. The van der Waals surface area contributed by atoms with Gasteiger partial charge in [0.2, 0.25) is 0 Å². The number of ether oxygens (including phenoxy) is 1. The van der Waals surface area contributed by atoms with Crippen molar-refractivity contribution in [2.24, 2.45) is 0 Å². The van der Waals surface area contributed by atoms with Gasteiger partial charge in [0.1, 0.15) is 11.4 Å².